The van der Waals surface area contributed by atoms with Crippen LogP contribution in [0, 0.1) is 5.92 Å². The van der Waals surface area contributed by atoms with Crippen LogP contribution in [0.1, 0.15) is 34.6 Å². The molecule has 0 saturated heterocycles. The van der Waals surface area contributed by atoms with Gasteiger partial charge in [0.15, 0.2) is 11.6 Å². The highest BCUT2D eigenvalue weighted by atomic mass is 16.2. The summed E-state index contributed by atoms with van der Waals surface area (Å²) < 4.78 is 0. The minimum Gasteiger partial charge on any atom is -0.293 e. The van der Waals surface area contributed by atoms with Gasteiger partial charge in [-0.1, -0.05) is 60.7 Å². The molecule has 0 bridgehead atoms. The van der Waals surface area contributed by atoms with Crippen LogP contribution in [0.25, 0.3) is 0 Å². The highest BCUT2D eigenvalue weighted by Crippen LogP contribution is 2.25. The lowest BCUT2D eigenvalue weighted by Crippen LogP contribution is -2.55. The van der Waals surface area contributed by atoms with Gasteiger partial charge in [0, 0.05) is 16.7 Å². The molecular weight excluding hydrogens is 276 g/mol. The van der Waals surface area contributed by atoms with Gasteiger partial charge in [-0.15, -0.1) is 0 Å². The van der Waals surface area contributed by atoms with Gasteiger partial charge in [0.2, 0.25) is 0 Å². The van der Waals surface area contributed by atoms with Crippen LogP contribution in [0.3, 0.4) is 0 Å². The van der Waals surface area contributed by atoms with Crippen molar-refractivity contribution in [3.63, 3.8) is 0 Å². The maximum Gasteiger partial charge on any atom is 0.175 e. The zero-order valence-corrected chi connectivity index (χ0v) is 12.7. The van der Waals surface area contributed by atoms with E-state index in [0.29, 0.717) is 11.1 Å². The summed E-state index contributed by atoms with van der Waals surface area (Å²) in [6.07, 6.45) is 0. The first-order chi connectivity index (χ1) is 10.5. The molecule has 0 atom stereocenters. The van der Waals surface area contributed by atoms with Gasteiger partial charge in [0.05, 0.1) is 0 Å². The minimum absolute atomic E-state index is 0.239. The molecule has 0 fully saturated rings. The predicted molar refractivity (Wildman–Crippen MR) is 86.4 cm³/mol. The van der Waals surface area contributed by atoms with Crippen molar-refractivity contribution in [1.29, 1.82) is 0 Å². The maximum absolute atomic E-state index is 12.8. The summed E-state index contributed by atoms with van der Waals surface area (Å²) in [6, 6.07) is 17.6. The molecule has 3 N–H and O–H groups in total. The van der Waals surface area contributed by atoms with Crippen LogP contribution in [0.15, 0.2) is 60.7 Å². The summed E-state index contributed by atoms with van der Waals surface area (Å²) in [5, 5.41) is 0. The Bertz CT molecular complexity index is 600. The first-order valence-electron chi connectivity index (χ1n) is 7.13. The lowest BCUT2D eigenvalue weighted by Gasteiger charge is -2.31. The Kier molecular flexibility index (Phi) is 4.85. The molecule has 0 aliphatic carbocycles. The second-order valence-electron chi connectivity index (χ2n) is 5.76. The second kappa shape index (κ2) is 6.64. The number of Topliss-reactive ketones (excluding diaryl/α,β-unsaturated/α-hetero) is 2. The summed E-state index contributed by atoms with van der Waals surface area (Å²) in [6.45, 7) is 3.50. The highest BCUT2D eigenvalue weighted by molar-refractivity contribution is 6.17. The first kappa shape index (κ1) is 16.1. The van der Waals surface area contributed by atoms with E-state index >= 15 is 0 Å². The average Bonchev–Trinajstić information content (AvgIpc) is 2.56. The zero-order chi connectivity index (χ0) is 16.2. The van der Waals surface area contributed by atoms with Gasteiger partial charge < -0.3 is 0 Å². The minimum atomic E-state index is -0.901. The number of ketones is 2. The molecule has 0 radical (unpaired) electrons. The Balaban J connectivity index is 2.44. The third-order valence-electron chi connectivity index (χ3n) is 3.73. The topological polar surface area (TPSA) is 72.2 Å². The fourth-order valence-electron chi connectivity index (χ4n) is 2.40. The summed E-state index contributed by atoms with van der Waals surface area (Å²) in [4.78, 5) is 25.7. The Labute approximate surface area is 130 Å². The molecule has 2 aromatic rings. The van der Waals surface area contributed by atoms with Crippen LogP contribution in [-0.2, 0) is 0 Å². The average molecular weight is 296 g/mol. The van der Waals surface area contributed by atoms with Gasteiger partial charge in [-0.05, 0) is 13.8 Å². The summed E-state index contributed by atoms with van der Waals surface area (Å²) >= 11 is 0. The van der Waals surface area contributed by atoms with E-state index in [9.17, 15) is 9.59 Å². The number of hydrazine groups is 1. The third kappa shape index (κ3) is 3.30. The van der Waals surface area contributed by atoms with E-state index in [-0.39, 0.29) is 11.6 Å². The van der Waals surface area contributed by atoms with Crippen LogP contribution in [0.2, 0.25) is 0 Å². The van der Waals surface area contributed by atoms with Gasteiger partial charge in [0.25, 0.3) is 0 Å². The molecule has 4 nitrogen and oxygen atoms in total. The highest BCUT2D eigenvalue weighted by Gasteiger charge is 2.40. The Hall–Kier alpha value is -2.30. The number of rotatable bonds is 6. The molecule has 0 aliphatic rings. The van der Waals surface area contributed by atoms with E-state index in [2.05, 4.69) is 5.43 Å². The molecule has 0 saturated carbocycles. The molecule has 0 aliphatic heterocycles. The molecular formula is C18H20N2O2. The molecule has 22 heavy (non-hydrogen) atoms. The van der Waals surface area contributed by atoms with Crippen LogP contribution >= 0.6 is 0 Å². The summed E-state index contributed by atoms with van der Waals surface area (Å²) in [5.74, 6) is 4.21. The van der Waals surface area contributed by atoms with Gasteiger partial charge in [-0.3, -0.25) is 20.9 Å². The van der Waals surface area contributed by atoms with Crippen LogP contribution in [0.4, 0.5) is 0 Å². The normalized spacial score (nSPS) is 11.5. The fourth-order valence-corrected chi connectivity index (χ4v) is 2.40. The van der Waals surface area contributed by atoms with Crippen molar-refractivity contribution in [2.75, 3.05) is 0 Å². The van der Waals surface area contributed by atoms with Crippen LogP contribution in [-0.4, -0.2) is 17.1 Å². The van der Waals surface area contributed by atoms with Gasteiger partial charge in [0.1, 0.15) is 5.92 Å². The van der Waals surface area contributed by atoms with Gasteiger partial charge >= 0.3 is 0 Å². The van der Waals surface area contributed by atoms with Crippen molar-refractivity contribution in [1.82, 2.24) is 5.43 Å². The molecule has 0 unspecified atom stereocenters. The molecule has 0 amide bonds. The second-order valence-corrected chi connectivity index (χ2v) is 5.76. The predicted octanol–water partition coefficient (Wildman–Crippen LogP) is 2.61. The molecule has 114 valence electrons. The van der Waals surface area contributed by atoms with E-state index in [1.165, 1.54) is 0 Å². The third-order valence-corrected chi connectivity index (χ3v) is 3.73. The Morgan fingerprint density at radius 3 is 1.55 bits per heavy atom. The number of benzene rings is 2. The van der Waals surface area contributed by atoms with Crippen molar-refractivity contribution in [2.24, 2.45) is 11.8 Å². The molecule has 4 heteroatoms. The molecule has 2 rings (SSSR count). The van der Waals surface area contributed by atoms with Gasteiger partial charge in [-0.2, -0.15) is 0 Å². The number of hydrogen-bond acceptors (Lipinski definition) is 4. The van der Waals surface area contributed by atoms with Crippen molar-refractivity contribution < 1.29 is 9.59 Å². The number of carbonyl (C=O) groups is 2. The van der Waals surface area contributed by atoms with Gasteiger partial charge in [-0.25, -0.2) is 0 Å². The number of hydrogen-bond donors (Lipinski definition) is 2. The summed E-state index contributed by atoms with van der Waals surface area (Å²) in [5.41, 5.74) is 2.74. The largest absolute Gasteiger partial charge is 0.293 e. The van der Waals surface area contributed by atoms with Crippen molar-refractivity contribution in [2.45, 2.75) is 19.4 Å². The van der Waals surface area contributed by atoms with E-state index in [1.807, 2.05) is 12.1 Å². The van der Waals surface area contributed by atoms with E-state index in [1.54, 1.807) is 62.4 Å². The summed E-state index contributed by atoms with van der Waals surface area (Å²) in [7, 11) is 0. The van der Waals surface area contributed by atoms with Crippen LogP contribution < -0.4 is 11.3 Å². The molecule has 0 aromatic heterocycles. The van der Waals surface area contributed by atoms with Crippen LogP contribution in [0.5, 0.6) is 0 Å². The molecule has 0 heterocycles. The smallest absolute Gasteiger partial charge is 0.175 e. The SMILES string of the molecule is CC(C)(NN)C(C(=O)c1ccccc1)C(=O)c1ccccc1. The van der Waals surface area contributed by atoms with Crippen molar-refractivity contribution in [3.8, 4) is 0 Å². The lowest BCUT2D eigenvalue weighted by molar-refractivity contribution is 0.0719. The Morgan fingerprint density at radius 1 is 0.864 bits per heavy atom. The molecule has 0 spiro atoms. The van der Waals surface area contributed by atoms with Crippen molar-refractivity contribution >= 4 is 11.6 Å². The fraction of sp³-hybridized carbons (Fsp3) is 0.222. The Morgan fingerprint density at radius 2 is 1.23 bits per heavy atom. The quantitative estimate of drug-likeness (QED) is 0.372. The molecule has 2 aromatic carbocycles. The number of carbonyl (C=O) groups excluding carboxylic acids is 2. The van der Waals surface area contributed by atoms with Crippen molar-refractivity contribution in [3.05, 3.63) is 71.8 Å². The lowest BCUT2D eigenvalue weighted by atomic mass is 9.77. The van der Waals surface area contributed by atoms with E-state index in [4.69, 9.17) is 5.84 Å². The van der Waals surface area contributed by atoms with E-state index < -0.39 is 11.5 Å². The van der Waals surface area contributed by atoms with E-state index in [0.717, 1.165) is 0 Å². The zero-order valence-electron chi connectivity index (χ0n) is 12.7. The maximum atomic E-state index is 12.8. The number of nitrogens with one attached hydrogen (secondary N) is 1. The standard InChI is InChI=1S/C18H20N2O2/c1-18(2,20-19)15(16(21)13-9-5-3-6-10-13)17(22)14-11-7-4-8-12-14/h3-12,15,20H,19H2,1-2H3. The number of nitrogens with two attached hydrogens (primary N) is 1. The first-order valence-corrected chi connectivity index (χ1v) is 7.13. The monoisotopic (exact) mass is 296 g/mol.